The van der Waals surface area contributed by atoms with Crippen LogP contribution in [0.3, 0.4) is 0 Å². The van der Waals surface area contributed by atoms with Crippen LogP contribution in [0.15, 0.2) is 65.1 Å². The molecule has 0 aliphatic carbocycles. The van der Waals surface area contributed by atoms with Crippen LogP contribution < -0.4 is 10.1 Å². The molecule has 0 atom stereocenters. The fraction of sp³-hybridized carbons (Fsp3) is 0.208. The summed E-state index contributed by atoms with van der Waals surface area (Å²) in [5.41, 5.74) is 3.77. The van der Waals surface area contributed by atoms with Crippen molar-refractivity contribution < 1.29 is 4.74 Å². The number of ether oxygens (including phenoxy) is 1. The highest BCUT2D eigenvalue weighted by molar-refractivity contribution is 9.10. The molecule has 0 radical (unpaired) electrons. The lowest BCUT2D eigenvalue weighted by atomic mass is 10.2. The largest absolute Gasteiger partial charge is 0.494 e. The molecule has 0 unspecified atom stereocenters. The third kappa shape index (κ3) is 5.17. The number of unbranched alkanes of at least 4 members (excludes halogenated alkanes) is 1. The summed E-state index contributed by atoms with van der Waals surface area (Å²) in [6.45, 7) is 3.50. The first-order chi connectivity index (χ1) is 15.0. The SMILES string of the molecule is CCCCOc1ccc(-n2c(NCc3ccc(Br)cc3)nc3cc(Cl)c(Cl)cc32)cc1. The average Bonchev–Trinajstić information content (AvgIpc) is 3.11. The topological polar surface area (TPSA) is 39.1 Å². The van der Waals surface area contributed by atoms with Crippen LogP contribution in [0.4, 0.5) is 5.95 Å². The predicted molar refractivity (Wildman–Crippen MR) is 133 cm³/mol. The molecule has 0 amide bonds. The van der Waals surface area contributed by atoms with Gasteiger partial charge in [0.2, 0.25) is 5.95 Å². The standard InChI is InChI=1S/C24H22BrCl2N3O/c1-2-3-12-31-19-10-8-18(9-11-19)30-23-14-21(27)20(26)13-22(23)29-24(30)28-15-16-4-6-17(25)7-5-16/h4-11,13-14H,2-3,12,15H2,1H3,(H,28,29). The minimum Gasteiger partial charge on any atom is -0.494 e. The van der Waals surface area contributed by atoms with E-state index in [1.54, 1.807) is 6.07 Å². The summed E-state index contributed by atoms with van der Waals surface area (Å²) >= 11 is 16.0. The Kier molecular flexibility index (Phi) is 7.06. The maximum atomic E-state index is 6.32. The van der Waals surface area contributed by atoms with Crippen LogP contribution in [-0.2, 0) is 6.54 Å². The highest BCUT2D eigenvalue weighted by atomic mass is 79.9. The quantitative estimate of drug-likeness (QED) is 0.241. The van der Waals surface area contributed by atoms with Crippen molar-refractivity contribution in [3.05, 3.63) is 80.7 Å². The van der Waals surface area contributed by atoms with Crippen molar-refractivity contribution in [3.63, 3.8) is 0 Å². The van der Waals surface area contributed by atoms with Crippen molar-refractivity contribution >= 4 is 56.1 Å². The van der Waals surface area contributed by atoms with Gasteiger partial charge in [-0.15, -0.1) is 0 Å². The summed E-state index contributed by atoms with van der Waals surface area (Å²) in [7, 11) is 0. The zero-order chi connectivity index (χ0) is 21.8. The summed E-state index contributed by atoms with van der Waals surface area (Å²) in [6, 6.07) is 19.8. The van der Waals surface area contributed by atoms with Crippen LogP contribution in [0.25, 0.3) is 16.7 Å². The lowest BCUT2D eigenvalue weighted by molar-refractivity contribution is 0.309. The maximum Gasteiger partial charge on any atom is 0.208 e. The van der Waals surface area contributed by atoms with Crippen LogP contribution in [-0.4, -0.2) is 16.2 Å². The van der Waals surface area contributed by atoms with E-state index >= 15 is 0 Å². The van der Waals surface area contributed by atoms with E-state index in [1.807, 2.05) is 47.0 Å². The molecule has 160 valence electrons. The maximum absolute atomic E-state index is 6.32. The van der Waals surface area contributed by atoms with Crippen molar-refractivity contribution in [2.75, 3.05) is 11.9 Å². The molecule has 0 spiro atoms. The van der Waals surface area contributed by atoms with Gasteiger partial charge < -0.3 is 10.1 Å². The van der Waals surface area contributed by atoms with E-state index in [9.17, 15) is 0 Å². The van der Waals surface area contributed by atoms with Crippen molar-refractivity contribution in [2.24, 2.45) is 0 Å². The second kappa shape index (κ2) is 9.94. The van der Waals surface area contributed by atoms with Gasteiger partial charge in [-0.2, -0.15) is 0 Å². The van der Waals surface area contributed by atoms with E-state index in [0.29, 0.717) is 16.6 Å². The third-order valence-electron chi connectivity index (χ3n) is 4.92. The van der Waals surface area contributed by atoms with E-state index in [4.69, 9.17) is 32.9 Å². The Morgan fingerprint density at radius 2 is 1.71 bits per heavy atom. The molecule has 31 heavy (non-hydrogen) atoms. The number of imidazole rings is 1. The molecule has 0 aliphatic rings. The monoisotopic (exact) mass is 517 g/mol. The molecule has 0 saturated heterocycles. The number of anilines is 1. The van der Waals surface area contributed by atoms with Crippen molar-refractivity contribution in [2.45, 2.75) is 26.3 Å². The van der Waals surface area contributed by atoms with Crippen molar-refractivity contribution in [3.8, 4) is 11.4 Å². The molecule has 0 fully saturated rings. The highest BCUT2D eigenvalue weighted by Gasteiger charge is 2.15. The number of nitrogens with zero attached hydrogens (tertiary/aromatic N) is 2. The van der Waals surface area contributed by atoms with Gasteiger partial charge in [-0.25, -0.2) is 4.98 Å². The number of halogens is 3. The molecule has 1 N–H and O–H groups in total. The molecule has 7 heteroatoms. The fourth-order valence-corrected chi connectivity index (χ4v) is 3.84. The number of aromatic nitrogens is 2. The van der Waals surface area contributed by atoms with Crippen LogP contribution in [0, 0.1) is 0 Å². The van der Waals surface area contributed by atoms with Gasteiger partial charge in [0.25, 0.3) is 0 Å². The van der Waals surface area contributed by atoms with E-state index in [1.165, 1.54) is 0 Å². The molecule has 4 rings (SSSR count). The fourth-order valence-electron chi connectivity index (χ4n) is 3.26. The minimum atomic E-state index is 0.484. The Hall–Kier alpha value is -2.21. The van der Waals surface area contributed by atoms with Gasteiger partial charge in [0, 0.05) is 16.7 Å². The Labute approximate surface area is 200 Å². The van der Waals surface area contributed by atoms with Crippen LogP contribution in [0.5, 0.6) is 5.75 Å². The number of rotatable bonds is 8. The predicted octanol–water partition coefficient (Wildman–Crippen LogP) is 7.89. The summed E-state index contributed by atoms with van der Waals surface area (Å²) < 4.78 is 8.90. The van der Waals surface area contributed by atoms with Crippen LogP contribution in [0.1, 0.15) is 25.3 Å². The average molecular weight is 519 g/mol. The van der Waals surface area contributed by atoms with E-state index in [2.05, 4.69) is 40.3 Å². The number of nitrogens with one attached hydrogen (secondary N) is 1. The van der Waals surface area contributed by atoms with Crippen LogP contribution in [0.2, 0.25) is 10.0 Å². The number of fused-ring (bicyclic) bond motifs is 1. The zero-order valence-electron chi connectivity index (χ0n) is 17.0. The second-order valence-electron chi connectivity index (χ2n) is 7.20. The molecule has 0 aliphatic heterocycles. The van der Waals surface area contributed by atoms with E-state index in [0.717, 1.165) is 57.9 Å². The van der Waals surface area contributed by atoms with Gasteiger partial charge >= 0.3 is 0 Å². The number of benzene rings is 3. The normalized spacial score (nSPS) is 11.1. The Morgan fingerprint density at radius 1 is 1.00 bits per heavy atom. The molecule has 0 saturated carbocycles. The van der Waals surface area contributed by atoms with Crippen molar-refractivity contribution in [1.29, 1.82) is 0 Å². The summed E-state index contributed by atoms with van der Waals surface area (Å²) in [6.07, 6.45) is 2.15. The van der Waals surface area contributed by atoms with E-state index < -0.39 is 0 Å². The van der Waals surface area contributed by atoms with Crippen LogP contribution >= 0.6 is 39.1 Å². The summed E-state index contributed by atoms with van der Waals surface area (Å²) in [5, 5.41) is 4.43. The smallest absolute Gasteiger partial charge is 0.208 e. The van der Waals surface area contributed by atoms with Gasteiger partial charge in [0.05, 0.1) is 27.7 Å². The molecule has 4 nitrogen and oxygen atoms in total. The lowest BCUT2D eigenvalue weighted by Gasteiger charge is -2.12. The first kappa shape index (κ1) is 22.0. The Bertz CT molecular complexity index is 1170. The first-order valence-electron chi connectivity index (χ1n) is 10.1. The zero-order valence-corrected chi connectivity index (χ0v) is 20.1. The number of hydrogen-bond donors (Lipinski definition) is 1. The van der Waals surface area contributed by atoms with Gasteiger partial charge in [-0.05, 0) is 60.5 Å². The minimum absolute atomic E-state index is 0.484. The number of hydrogen-bond acceptors (Lipinski definition) is 3. The molecule has 1 aromatic heterocycles. The van der Waals surface area contributed by atoms with Gasteiger partial charge in [0.15, 0.2) is 0 Å². The van der Waals surface area contributed by atoms with Gasteiger partial charge in [-0.1, -0.05) is 64.6 Å². The van der Waals surface area contributed by atoms with E-state index in [-0.39, 0.29) is 0 Å². The molecule has 3 aromatic carbocycles. The second-order valence-corrected chi connectivity index (χ2v) is 8.93. The highest BCUT2D eigenvalue weighted by Crippen LogP contribution is 2.32. The Morgan fingerprint density at radius 3 is 2.42 bits per heavy atom. The molecule has 1 heterocycles. The molecular weight excluding hydrogens is 497 g/mol. The summed E-state index contributed by atoms with van der Waals surface area (Å²) in [4.78, 5) is 4.77. The molecule has 4 aromatic rings. The summed E-state index contributed by atoms with van der Waals surface area (Å²) in [5.74, 6) is 1.57. The van der Waals surface area contributed by atoms with Crippen molar-refractivity contribution in [1.82, 2.24) is 9.55 Å². The van der Waals surface area contributed by atoms with Gasteiger partial charge in [0.1, 0.15) is 5.75 Å². The third-order valence-corrected chi connectivity index (χ3v) is 6.17. The lowest BCUT2D eigenvalue weighted by Crippen LogP contribution is -2.06. The molecule has 0 bridgehead atoms. The van der Waals surface area contributed by atoms with Gasteiger partial charge in [-0.3, -0.25) is 4.57 Å². The molecular formula is C24H22BrCl2N3O. The first-order valence-corrected chi connectivity index (χ1v) is 11.7. The Balaban J connectivity index is 1.68.